The lowest BCUT2D eigenvalue weighted by Crippen LogP contribution is -2.49. The van der Waals surface area contributed by atoms with E-state index in [-0.39, 0.29) is 21.5 Å². The van der Waals surface area contributed by atoms with Gasteiger partial charge in [-0.15, -0.1) is 0 Å². The number of hydrogen-bond donors (Lipinski definition) is 2. The molecule has 1 aliphatic rings. The van der Waals surface area contributed by atoms with Gasteiger partial charge in [-0.25, -0.2) is 13.1 Å². The van der Waals surface area contributed by atoms with Gasteiger partial charge in [0.25, 0.3) is 0 Å². The van der Waals surface area contributed by atoms with Crippen molar-refractivity contribution in [3.05, 3.63) is 28.8 Å². The molecular formula is C13H17ClN2O3S2. The monoisotopic (exact) mass is 348 g/mol. The summed E-state index contributed by atoms with van der Waals surface area (Å²) in [6, 6.07) is 4.39. The highest BCUT2D eigenvalue weighted by molar-refractivity contribution is 7.89. The van der Waals surface area contributed by atoms with Gasteiger partial charge < -0.3 is 10.5 Å². The largest absolute Gasteiger partial charge is 0.389 e. The lowest BCUT2D eigenvalue weighted by Gasteiger charge is -2.40. The van der Waals surface area contributed by atoms with Crippen LogP contribution in [0.5, 0.6) is 0 Å². The fraction of sp³-hybridized carbons (Fsp3) is 0.462. The minimum Gasteiger partial charge on any atom is -0.389 e. The van der Waals surface area contributed by atoms with Crippen LogP contribution in [0.3, 0.4) is 0 Å². The zero-order valence-electron chi connectivity index (χ0n) is 11.6. The average Bonchev–Trinajstić information content (AvgIpc) is 2.37. The number of halogens is 1. The second kappa shape index (κ2) is 6.18. The maximum absolute atomic E-state index is 12.3. The number of nitrogens with two attached hydrogens (primary N) is 1. The van der Waals surface area contributed by atoms with Crippen LogP contribution in [0.15, 0.2) is 23.1 Å². The highest BCUT2D eigenvalue weighted by Gasteiger charge is 2.38. The van der Waals surface area contributed by atoms with Crippen LogP contribution in [0, 0.1) is 0 Å². The molecule has 0 radical (unpaired) electrons. The normalized spacial score (nSPS) is 17.2. The van der Waals surface area contributed by atoms with E-state index in [2.05, 4.69) is 4.72 Å². The number of methoxy groups -OCH3 is 1. The van der Waals surface area contributed by atoms with E-state index < -0.39 is 15.6 Å². The van der Waals surface area contributed by atoms with Gasteiger partial charge in [0.2, 0.25) is 10.0 Å². The lowest BCUT2D eigenvalue weighted by atomic mass is 9.80. The van der Waals surface area contributed by atoms with Gasteiger partial charge in [0.05, 0.1) is 10.6 Å². The van der Waals surface area contributed by atoms with Crippen molar-refractivity contribution in [3.8, 4) is 0 Å². The van der Waals surface area contributed by atoms with Crippen molar-refractivity contribution in [1.82, 2.24) is 4.72 Å². The first-order valence-electron chi connectivity index (χ1n) is 6.44. The molecule has 1 aliphatic carbocycles. The summed E-state index contributed by atoms with van der Waals surface area (Å²) < 4.78 is 32.6. The number of ether oxygens (including phenoxy) is 1. The molecule has 0 spiro atoms. The zero-order chi connectivity index (χ0) is 15.7. The van der Waals surface area contributed by atoms with Crippen LogP contribution < -0.4 is 10.5 Å². The van der Waals surface area contributed by atoms with Gasteiger partial charge >= 0.3 is 0 Å². The summed E-state index contributed by atoms with van der Waals surface area (Å²) >= 11 is 10.9. The van der Waals surface area contributed by atoms with Gasteiger partial charge in [-0.1, -0.05) is 29.9 Å². The van der Waals surface area contributed by atoms with Gasteiger partial charge in [0.1, 0.15) is 9.88 Å². The molecule has 21 heavy (non-hydrogen) atoms. The molecule has 8 heteroatoms. The Morgan fingerprint density at radius 1 is 1.52 bits per heavy atom. The predicted molar refractivity (Wildman–Crippen MR) is 86.1 cm³/mol. The quantitative estimate of drug-likeness (QED) is 0.766. The summed E-state index contributed by atoms with van der Waals surface area (Å²) in [6.45, 7) is 0.235. The third kappa shape index (κ3) is 3.54. The molecule has 5 nitrogen and oxygen atoms in total. The van der Waals surface area contributed by atoms with Crippen LogP contribution in [0.4, 0.5) is 0 Å². The van der Waals surface area contributed by atoms with Crippen molar-refractivity contribution in [2.75, 3.05) is 13.7 Å². The molecule has 3 N–H and O–H groups in total. The lowest BCUT2D eigenvalue weighted by molar-refractivity contribution is -0.0659. The molecule has 0 amide bonds. The summed E-state index contributed by atoms with van der Waals surface area (Å²) in [4.78, 5) is 0.177. The van der Waals surface area contributed by atoms with Gasteiger partial charge in [0.15, 0.2) is 0 Å². The van der Waals surface area contributed by atoms with Crippen LogP contribution in [-0.2, 0) is 14.8 Å². The highest BCUT2D eigenvalue weighted by atomic mass is 35.5. The molecule has 0 atom stereocenters. The Morgan fingerprint density at radius 3 is 2.62 bits per heavy atom. The van der Waals surface area contributed by atoms with E-state index in [1.807, 2.05) is 0 Å². The summed E-state index contributed by atoms with van der Waals surface area (Å²) in [5.41, 5.74) is 5.63. The van der Waals surface area contributed by atoms with Crippen molar-refractivity contribution in [2.24, 2.45) is 5.73 Å². The SMILES string of the molecule is COC1(CNS(=O)(=O)c2ccc(C(N)=S)cc2Cl)CCC1. The number of benzene rings is 1. The van der Waals surface area contributed by atoms with E-state index in [1.54, 1.807) is 7.11 Å². The molecule has 2 rings (SSSR count). The first kappa shape index (κ1) is 16.6. The molecular weight excluding hydrogens is 332 g/mol. The number of sulfonamides is 1. The van der Waals surface area contributed by atoms with Crippen LogP contribution in [-0.4, -0.2) is 32.7 Å². The second-order valence-electron chi connectivity index (χ2n) is 5.07. The molecule has 1 aromatic rings. The van der Waals surface area contributed by atoms with Crippen molar-refractivity contribution in [1.29, 1.82) is 0 Å². The van der Waals surface area contributed by atoms with Gasteiger partial charge in [-0.05, 0) is 31.4 Å². The fourth-order valence-electron chi connectivity index (χ4n) is 2.20. The first-order valence-corrected chi connectivity index (χ1v) is 8.71. The van der Waals surface area contributed by atoms with E-state index in [9.17, 15) is 8.42 Å². The topological polar surface area (TPSA) is 81.4 Å². The molecule has 0 unspecified atom stereocenters. The molecule has 0 aliphatic heterocycles. The van der Waals surface area contributed by atoms with E-state index in [1.165, 1.54) is 18.2 Å². The molecule has 1 saturated carbocycles. The third-order valence-electron chi connectivity index (χ3n) is 3.79. The number of hydrogen-bond acceptors (Lipinski definition) is 4. The molecule has 0 bridgehead atoms. The summed E-state index contributed by atoms with van der Waals surface area (Å²) in [7, 11) is -2.10. The number of thiocarbonyl (C=S) groups is 1. The number of nitrogens with one attached hydrogen (secondary N) is 1. The molecule has 1 fully saturated rings. The minimum absolute atomic E-state index is 0.00902. The zero-order valence-corrected chi connectivity index (χ0v) is 13.9. The molecule has 116 valence electrons. The Labute approximate surface area is 134 Å². The first-order chi connectivity index (χ1) is 9.80. The smallest absolute Gasteiger partial charge is 0.242 e. The van der Waals surface area contributed by atoms with Crippen LogP contribution in [0.2, 0.25) is 5.02 Å². The molecule has 0 saturated heterocycles. The van der Waals surface area contributed by atoms with Crippen LogP contribution in [0.25, 0.3) is 0 Å². The third-order valence-corrected chi connectivity index (χ3v) is 5.91. The molecule has 0 aromatic heterocycles. The van der Waals surface area contributed by atoms with E-state index >= 15 is 0 Å². The van der Waals surface area contributed by atoms with Crippen molar-refractivity contribution < 1.29 is 13.2 Å². The number of rotatable bonds is 6. The summed E-state index contributed by atoms with van der Waals surface area (Å²) in [5.74, 6) is 0. The Hall–Kier alpha value is -0.730. The van der Waals surface area contributed by atoms with Gasteiger partial charge in [0, 0.05) is 19.2 Å². The maximum atomic E-state index is 12.3. The summed E-state index contributed by atoms with van der Waals surface area (Å²) in [5, 5.41) is 0.0906. The van der Waals surface area contributed by atoms with Crippen molar-refractivity contribution in [2.45, 2.75) is 29.8 Å². The summed E-state index contributed by atoms with van der Waals surface area (Å²) in [6.07, 6.45) is 2.74. The second-order valence-corrected chi connectivity index (χ2v) is 7.66. The Balaban J connectivity index is 2.18. The molecule has 0 heterocycles. The standard InChI is InChI=1S/C13H17ClN2O3S2/c1-19-13(5-2-6-13)8-16-21(17,18)11-4-3-9(12(15)20)7-10(11)14/h3-4,7,16H,2,5-6,8H2,1H3,(H2,15,20). The van der Waals surface area contributed by atoms with Crippen LogP contribution in [0.1, 0.15) is 24.8 Å². The Bertz CT molecular complexity index is 652. The van der Waals surface area contributed by atoms with E-state index in [4.69, 9.17) is 34.3 Å². The van der Waals surface area contributed by atoms with Crippen LogP contribution >= 0.6 is 23.8 Å². The van der Waals surface area contributed by atoms with Crippen molar-refractivity contribution in [3.63, 3.8) is 0 Å². The Kier molecular flexibility index (Phi) is 4.89. The van der Waals surface area contributed by atoms with E-state index in [0.29, 0.717) is 5.56 Å². The predicted octanol–water partition coefficient (Wildman–Crippen LogP) is 1.82. The highest BCUT2D eigenvalue weighted by Crippen LogP contribution is 2.34. The Morgan fingerprint density at radius 2 is 2.19 bits per heavy atom. The van der Waals surface area contributed by atoms with Gasteiger partial charge in [-0.3, -0.25) is 0 Å². The maximum Gasteiger partial charge on any atom is 0.242 e. The van der Waals surface area contributed by atoms with Crippen molar-refractivity contribution >= 4 is 38.8 Å². The molecule has 1 aromatic carbocycles. The minimum atomic E-state index is -3.70. The van der Waals surface area contributed by atoms with E-state index in [0.717, 1.165) is 19.3 Å². The average molecular weight is 349 g/mol. The van der Waals surface area contributed by atoms with Gasteiger partial charge in [-0.2, -0.15) is 0 Å². The fourth-order valence-corrected chi connectivity index (χ4v) is 3.98.